The van der Waals surface area contributed by atoms with Gasteiger partial charge >= 0.3 is 0 Å². The van der Waals surface area contributed by atoms with Gasteiger partial charge < -0.3 is 9.64 Å². The summed E-state index contributed by atoms with van der Waals surface area (Å²) in [6, 6.07) is 7.24. The van der Waals surface area contributed by atoms with E-state index in [0.29, 0.717) is 19.0 Å². The van der Waals surface area contributed by atoms with Gasteiger partial charge in [-0.05, 0) is 36.5 Å². The second-order valence-electron chi connectivity index (χ2n) is 6.37. The Morgan fingerprint density at radius 2 is 2.04 bits per heavy atom. The van der Waals surface area contributed by atoms with E-state index in [1.807, 2.05) is 18.2 Å². The minimum Gasteiger partial charge on any atom is -0.497 e. The summed E-state index contributed by atoms with van der Waals surface area (Å²) in [5.41, 5.74) is 1.21. The molecule has 0 radical (unpaired) electrons. The quantitative estimate of drug-likeness (QED) is 0.901. The smallest absolute Gasteiger partial charge is 0.262 e. The monoisotopic (exact) mass is 360 g/mol. The van der Waals surface area contributed by atoms with Gasteiger partial charge in [0, 0.05) is 19.5 Å². The molecule has 1 unspecified atom stereocenters. The number of carbonyl (C=O) groups excluding carboxylic acids is 1. The maximum atomic E-state index is 13.2. The number of amides is 1. The van der Waals surface area contributed by atoms with Gasteiger partial charge in [-0.15, -0.1) is 12.4 Å². The molecule has 1 aromatic rings. The third-order valence-electron chi connectivity index (χ3n) is 4.78. The van der Waals surface area contributed by atoms with Gasteiger partial charge in [-0.25, -0.2) is 8.78 Å². The zero-order valence-corrected chi connectivity index (χ0v) is 14.5. The maximum absolute atomic E-state index is 13.2. The molecular weight excluding hydrogens is 338 g/mol. The summed E-state index contributed by atoms with van der Waals surface area (Å²) in [6.45, 7) is 0.832. The van der Waals surface area contributed by atoms with Crippen molar-refractivity contribution < 1.29 is 18.3 Å². The summed E-state index contributed by atoms with van der Waals surface area (Å²) < 4.78 is 31.7. The molecule has 2 aliphatic heterocycles. The van der Waals surface area contributed by atoms with E-state index in [0.717, 1.165) is 18.6 Å². The van der Waals surface area contributed by atoms with E-state index in [4.69, 9.17) is 4.74 Å². The molecule has 1 amide bonds. The molecule has 7 heteroatoms. The predicted molar refractivity (Wildman–Crippen MR) is 90.2 cm³/mol. The molecule has 3 rings (SSSR count). The van der Waals surface area contributed by atoms with E-state index in [2.05, 4.69) is 11.4 Å². The number of alkyl halides is 2. The minimum absolute atomic E-state index is 0. The zero-order valence-electron chi connectivity index (χ0n) is 13.6. The van der Waals surface area contributed by atoms with E-state index in [9.17, 15) is 13.6 Å². The highest BCUT2D eigenvalue weighted by atomic mass is 35.5. The van der Waals surface area contributed by atoms with Crippen LogP contribution in [0.5, 0.6) is 5.75 Å². The van der Waals surface area contributed by atoms with Gasteiger partial charge in [0.25, 0.3) is 5.92 Å². The topological polar surface area (TPSA) is 41.6 Å². The number of rotatable bonds is 3. The highest BCUT2D eigenvalue weighted by molar-refractivity contribution is 5.85. The van der Waals surface area contributed by atoms with Crippen molar-refractivity contribution >= 4 is 18.3 Å². The van der Waals surface area contributed by atoms with Crippen LogP contribution in [0.4, 0.5) is 8.78 Å². The molecule has 1 aromatic carbocycles. The number of nitrogens with zero attached hydrogens (tertiary/aromatic N) is 1. The predicted octanol–water partition coefficient (Wildman–Crippen LogP) is 2.82. The van der Waals surface area contributed by atoms with Gasteiger partial charge in [-0.1, -0.05) is 12.1 Å². The van der Waals surface area contributed by atoms with Gasteiger partial charge in [0.15, 0.2) is 0 Å². The van der Waals surface area contributed by atoms with Crippen molar-refractivity contribution in [2.45, 2.75) is 37.1 Å². The standard InChI is InChI=1S/C17H22F2N2O2.ClH/c1-23-14-4-2-3-13(9-14)12-5-7-21(8-6-12)16(22)15-10-17(18,19)11-20-15;/h2-4,9,12,15,20H,5-8,10-11H2,1H3;1H. The van der Waals surface area contributed by atoms with Gasteiger partial charge in [-0.2, -0.15) is 0 Å². The summed E-state index contributed by atoms with van der Waals surface area (Å²) in [7, 11) is 1.64. The van der Waals surface area contributed by atoms with Crippen molar-refractivity contribution in [1.29, 1.82) is 0 Å². The van der Waals surface area contributed by atoms with Gasteiger partial charge in [-0.3, -0.25) is 10.1 Å². The van der Waals surface area contributed by atoms with Crippen LogP contribution >= 0.6 is 12.4 Å². The van der Waals surface area contributed by atoms with Crippen LogP contribution in [0.1, 0.15) is 30.7 Å². The molecular formula is C17H23ClF2N2O2. The summed E-state index contributed by atoms with van der Waals surface area (Å²) in [4.78, 5) is 14.1. The third-order valence-corrected chi connectivity index (χ3v) is 4.78. The average molecular weight is 361 g/mol. The Balaban J connectivity index is 0.00000208. The van der Waals surface area contributed by atoms with Crippen LogP contribution < -0.4 is 10.1 Å². The van der Waals surface area contributed by atoms with Crippen LogP contribution in [0, 0.1) is 0 Å². The van der Waals surface area contributed by atoms with Gasteiger partial charge in [0.2, 0.25) is 5.91 Å². The van der Waals surface area contributed by atoms with Crippen LogP contribution in [-0.2, 0) is 4.79 Å². The van der Waals surface area contributed by atoms with Gasteiger partial charge in [0.05, 0.1) is 19.7 Å². The lowest BCUT2D eigenvalue weighted by atomic mass is 9.89. The van der Waals surface area contributed by atoms with Crippen LogP contribution in [0.2, 0.25) is 0 Å². The van der Waals surface area contributed by atoms with E-state index in [-0.39, 0.29) is 24.7 Å². The molecule has 0 bridgehead atoms. The van der Waals surface area contributed by atoms with Crippen molar-refractivity contribution in [3.63, 3.8) is 0 Å². The number of ether oxygens (including phenoxy) is 1. The van der Waals surface area contributed by atoms with E-state index in [1.165, 1.54) is 5.56 Å². The second kappa shape index (κ2) is 7.66. The Hall–Kier alpha value is -1.40. The van der Waals surface area contributed by atoms with Crippen LogP contribution in [-0.4, -0.2) is 49.5 Å². The van der Waals surface area contributed by atoms with Gasteiger partial charge in [0.1, 0.15) is 5.75 Å². The lowest BCUT2D eigenvalue weighted by Crippen LogP contribution is -2.46. The minimum atomic E-state index is -2.76. The second-order valence-corrected chi connectivity index (χ2v) is 6.37. The first-order valence-electron chi connectivity index (χ1n) is 8.02. The third kappa shape index (κ3) is 4.16. The highest BCUT2D eigenvalue weighted by Gasteiger charge is 2.43. The average Bonchev–Trinajstić information content (AvgIpc) is 2.94. The number of halogens is 3. The molecule has 4 nitrogen and oxygen atoms in total. The molecule has 2 aliphatic rings. The number of carbonyl (C=O) groups is 1. The fourth-order valence-electron chi connectivity index (χ4n) is 3.44. The molecule has 24 heavy (non-hydrogen) atoms. The lowest BCUT2D eigenvalue weighted by molar-refractivity contribution is -0.134. The number of hydrogen-bond acceptors (Lipinski definition) is 3. The van der Waals surface area contributed by atoms with E-state index in [1.54, 1.807) is 12.0 Å². The molecule has 2 fully saturated rings. The normalized spacial score (nSPS) is 23.6. The Bertz CT molecular complexity index is 577. The number of methoxy groups -OCH3 is 1. The highest BCUT2D eigenvalue weighted by Crippen LogP contribution is 2.31. The maximum Gasteiger partial charge on any atom is 0.262 e. The Morgan fingerprint density at radius 1 is 1.33 bits per heavy atom. The summed E-state index contributed by atoms with van der Waals surface area (Å²) in [5.74, 6) is -1.74. The summed E-state index contributed by atoms with van der Waals surface area (Å²) >= 11 is 0. The van der Waals surface area contributed by atoms with Crippen LogP contribution in [0.25, 0.3) is 0 Å². The largest absolute Gasteiger partial charge is 0.497 e. The van der Waals surface area contributed by atoms with Crippen molar-refractivity contribution in [2.75, 3.05) is 26.7 Å². The molecule has 134 valence electrons. The van der Waals surface area contributed by atoms with Crippen LogP contribution in [0.15, 0.2) is 24.3 Å². The fraction of sp³-hybridized carbons (Fsp3) is 0.588. The van der Waals surface area contributed by atoms with Crippen molar-refractivity contribution in [3.05, 3.63) is 29.8 Å². The number of hydrogen-bond donors (Lipinski definition) is 1. The van der Waals surface area contributed by atoms with Crippen molar-refractivity contribution in [1.82, 2.24) is 10.2 Å². The van der Waals surface area contributed by atoms with E-state index >= 15 is 0 Å². The molecule has 0 aliphatic carbocycles. The lowest BCUT2D eigenvalue weighted by Gasteiger charge is -2.33. The van der Waals surface area contributed by atoms with E-state index < -0.39 is 18.5 Å². The molecule has 2 heterocycles. The van der Waals surface area contributed by atoms with Crippen LogP contribution in [0.3, 0.4) is 0 Å². The molecule has 0 saturated carbocycles. The summed E-state index contributed by atoms with van der Waals surface area (Å²) in [5, 5.41) is 2.64. The number of nitrogens with one attached hydrogen (secondary N) is 1. The molecule has 0 aromatic heterocycles. The Labute approximate surface area is 147 Å². The zero-order chi connectivity index (χ0) is 16.4. The van der Waals surface area contributed by atoms with Crippen molar-refractivity contribution in [2.24, 2.45) is 0 Å². The first kappa shape index (κ1) is 18.9. The first-order chi connectivity index (χ1) is 11.0. The summed E-state index contributed by atoms with van der Waals surface area (Å²) in [6.07, 6.45) is 1.31. The Kier molecular flexibility index (Phi) is 6.04. The fourth-order valence-corrected chi connectivity index (χ4v) is 3.44. The SMILES string of the molecule is COc1cccc(C2CCN(C(=O)C3CC(F)(F)CN3)CC2)c1.Cl. The molecule has 0 spiro atoms. The molecule has 2 saturated heterocycles. The number of benzene rings is 1. The molecule has 1 atom stereocenters. The van der Waals surface area contributed by atoms with Crippen molar-refractivity contribution in [3.8, 4) is 5.75 Å². The Morgan fingerprint density at radius 3 is 2.62 bits per heavy atom. The number of likely N-dealkylation sites (tertiary alicyclic amines) is 1. The number of piperidine rings is 1. The molecule has 1 N–H and O–H groups in total. The first-order valence-corrected chi connectivity index (χ1v) is 8.02.